The maximum absolute atomic E-state index is 12.6. The van der Waals surface area contributed by atoms with E-state index in [1.54, 1.807) is 7.11 Å². The summed E-state index contributed by atoms with van der Waals surface area (Å²) in [4.78, 5) is 14.7. The van der Waals surface area contributed by atoms with Gasteiger partial charge in [0.2, 0.25) is 5.91 Å². The van der Waals surface area contributed by atoms with Crippen molar-refractivity contribution in [3.63, 3.8) is 0 Å². The highest BCUT2D eigenvalue weighted by atomic mass is 16.5. The molecule has 3 nitrogen and oxygen atoms in total. The minimum Gasteiger partial charge on any atom is -0.497 e. The van der Waals surface area contributed by atoms with Crippen LogP contribution in [0, 0.1) is 0 Å². The largest absolute Gasteiger partial charge is 0.497 e. The molecule has 0 saturated carbocycles. The van der Waals surface area contributed by atoms with Gasteiger partial charge in [0.1, 0.15) is 5.75 Å². The Kier molecular flexibility index (Phi) is 4.65. The quantitative estimate of drug-likeness (QED) is 0.855. The van der Waals surface area contributed by atoms with Gasteiger partial charge in [-0.25, -0.2) is 0 Å². The Morgan fingerprint density at radius 2 is 1.91 bits per heavy atom. The van der Waals surface area contributed by atoms with E-state index >= 15 is 0 Å². The van der Waals surface area contributed by atoms with Gasteiger partial charge in [0.15, 0.2) is 0 Å². The Hall–Kier alpha value is -2.29. The third-order valence-electron chi connectivity index (χ3n) is 4.50. The third kappa shape index (κ3) is 3.09. The van der Waals surface area contributed by atoms with Gasteiger partial charge in [0, 0.05) is 13.0 Å². The normalized spacial score (nSPS) is 16.8. The first-order valence-corrected chi connectivity index (χ1v) is 8.25. The number of carbonyl (C=O) groups excluding carboxylic acids is 1. The van der Waals surface area contributed by atoms with Crippen LogP contribution in [0.25, 0.3) is 0 Å². The molecule has 1 unspecified atom stereocenters. The molecule has 1 aliphatic heterocycles. The fraction of sp³-hybridized carbons (Fsp3) is 0.350. The molecule has 3 heteroatoms. The van der Waals surface area contributed by atoms with E-state index in [4.69, 9.17) is 4.74 Å². The van der Waals surface area contributed by atoms with E-state index in [1.807, 2.05) is 17.0 Å². The summed E-state index contributed by atoms with van der Waals surface area (Å²) in [5, 5.41) is 0. The van der Waals surface area contributed by atoms with Crippen molar-refractivity contribution >= 4 is 5.91 Å². The number of fused-ring (bicyclic) bond motifs is 1. The summed E-state index contributed by atoms with van der Waals surface area (Å²) in [6.45, 7) is 2.84. The van der Waals surface area contributed by atoms with Gasteiger partial charge < -0.3 is 9.64 Å². The molecule has 2 aromatic carbocycles. The van der Waals surface area contributed by atoms with E-state index in [9.17, 15) is 4.79 Å². The molecule has 1 heterocycles. The molecule has 0 saturated heterocycles. The molecule has 3 rings (SSSR count). The van der Waals surface area contributed by atoms with Crippen molar-refractivity contribution in [3.8, 4) is 5.75 Å². The molecule has 1 atom stereocenters. The first kappa shape index (κ1) is 15.6. The highest BCUT2D eigenvalue weighted by Gasteiger charge is 2.31. The van der Waals surface area contributed by atoms with Gasteiger partial charge in [0.25, 0.3) is 0 Å². The standard InChI is InChI=1S/C20H23NO2/c1-3-6-19(22)21-14-13-15-7-4-5-8-18(15)20(21)16-9-11-17(23-2)12-10-16/h4-5,7-12,20H,3,6,13-14H2,1-2H3. The van der Waals surface area contributed by atoms with Crippen LogP contribution in [0.1, 0.15) is 42.5 Å². The molecule has 120 valence electrons. The van der Waals surface area contributed by atoms with E-state index < -0.39 is 0 Å². The number of hydrogen-bond acceptors (Lipinski definition) is 2. The van der Waals surface area contributed by atoms with Crippen molar-refractivity contribution in [2.24, 2.45) is 0 Å². The molecule has 0 aromatic heterocycles. The van der Waals surface area contributed by atoms with Crippen molar-refractivity contribution in [1.82, 2.24) is 4.90 Å². The van der Waals surface area contributed by atoms with Crippen molar-refractivity contribution in [3.05, 3.63) is 65.2 Å². The van der Waals surface area contributed by atoms with Gasteiger partial charge in [-0.1, -0.05) is 43.3 Å². The number of rotatable bonds is 4. The third-order valence-corrected chi connectivity index (χ3v) is 4.50. The summed E-state index contributed by atoms with van der Waals surface area (Å²) in [5.41, 5.74) is 3.73. The van der Waals surface area contributed by atoms with Gasteiger partial charge in [-0.05, 0) is 41.7 Å². The molecule has 1 aliphatic rings. The Balaban J connectivity index is 2.03. The SMILES string of the molecule is CCCC(=O)N1CCc2ccccc2C1c1ccc(OC)cc1. The maximum atomic E-state index is 12.6. The molecule has 0 bridgehead atoms. The van der Waals surface area contributed by atoms with E-state index in [1.165, 1.54) is 11.1 Å². The lowest BCUT2D eigenvalue weighted by Crippen LogP contribution is -2.40. The van der Waals surface area contributed by atoms with E-state index in [2.05, 4.69) is 43.3 Å². The molecule has 0 spiro atoms. The minimum absolute atomic E-state index is 0.00454. The number of amides is 1. The second-order valence-corrected chi connectivity index (χ2v) is 5.96. The Morgan fingerprint density at radius 1 is 1.17 bits per heavy atom. The van der Waals surface area contributed by atoms with Crippen LogP contribution in [0.2, 0.25) is 0 Å². The molecular formula is C20H23NO2. The van der Waals surface area contributed by atoms with Gasteiger partial charge in [-0.15, -0.1) is 0 Å². The van der Waals surface area contributed by atoms with E-state index in [0.29, 0.717) is 6.42 Å². The number of hydrogen-bond donors (Lipinski definition) is 0. The van der Waals surface area contributed by atoms with Crippen molar-refractivity contribution < 1.29 is 9.53 Å². The molecular weight excluding hydrogens is 286 g/mol. The van der Waals surface area contributed by atoms with Gasteiger partial charge >= 0.3 is 0 Å². The first-order chi connectivity index (χ1) is 11.2. The monoisotopic (exact) mass is 309 g/mol. The van der Waals surface area contributed by atoms with Crippen molar-refractivity contribution in [2.45, 2.75) is 32.2 Å². The summed E-state index contributed by atoms with van der Waals surface area (Å²) in [6, 6.07) is 16.5. The van der Waals surface area contributed by atoms with Crippen molar-refractivity contribution in [1.29, 1.82) is 0 Å². The Morgan fingerprint density at radius 3 is 2.61 bits per heavy atom. The molecule has 1 amide bonds. The summed E-state index contributed by atoms with van der Waals surface area (Å²) < 4.78 is 5.26. The smallest absolute Gasteiger partial charge is 0.223 e. The van der Waals surface area contributed by atoms with Crippen LogP contribution in [-0.2, 0) is 11.2 Å². The van der Waals surface area contributed by atoms with E-state index in [0.717, 1.165) is 30.7 Å². The van der Waals surface area contributed by atoms with Gasteiger partial charge in [-0.2, -0.15) is 0 Å². The number of ether oxygens (including phenoxy) is 1. The fourth-order valence-corrected chi connectivity index (χ4v) is 3.34. The zero-order valence-corrected chi connectivity index (χ0v) is 13.8. The topological polar surface area (TPSA) is 29.5 Å². The Bertz CT molecular complexity index is 678. The van der Waals surface area contributed by atoms with Crippen molar-refractivity contribution in [2.75, 3.05) is 13.7 Å². The van der Waals surface area contributed by atoms with Gasteiger partial charge in [-0.3, -0.25) is 4.79 Å². The second kappa shape index (κ2) is 6.86. The van der Waals surface area contributed by atoms with Crippen LogP contribution >= 0.6 is 0 Å². The summed E-state index contributed by atoms with van der Waals surface area (Å²) >= 11 is 0. The minimum atomic E-state index is 0.00454. The predicted octanol–water partition coefficient (Wildman–Crippen LogP) is 3.97. The summed E-state index contributed by atoms with van der Waals surface area (Å²) in [5.74, 6) is 1.08. The summed E-state index contributed by atoms with van der Waals surface area (Å²) in [7, 11) is 1.67. The van der Waals surface area contributed by atoms with Crippen LogP contribution in [0.15, 0.2) is 48.5 Å². The highest BCUT2D eigenvalue weighted by molar-refractivity contribution is 5.77. The van der Waals surface area contributed by atoms with Crippen LogP contribution in [-0.4, -0.2) is 24.5 Å². The molecule has 0 aliphatic carbocycles. The molecule has 0 radical (unpaired) electrons. The van der Waals surface area contributed by atoms with Crippen LogP contribution < -0.4 is 4.74 Å². The average Bonchev–Trinajstić information content (AvgIpc) is 2.61. The highest BCUT2D eigenvalue weighted by Crippen LogP contribution is 2.36. The van der Waals surface area contributed by atoms with Crippen LogP contribution in [0.5, 0.6) is 5.75 Å². The molecule has 0 N–H and O–H groups in total. The number of methoxy groups -OCH3 is 1. The van der Waals surface area contributed by atoms with Gasteiger partial charge in [0.05, 0.1) is 13.2 Å². The maximum Gasteiger partial charge on any atom is 0.223 e. The average molecular weight is 309 g/mol. The molecule has 0 fully saturated rings. The molecule has 2 aromatic rings. The Labute approximate surface area is 137 Å². The van der Waals surface area contributed by atoms with Crippen LogP contribution in [0.3, 0.4) is 0 Å². The molecule has 23 heavy (non-hydrogen) atoms. The number of nitrogens with zero attached hydrogens (tertiary/aromatic N) is 1. The fourth-order valence-electron chi connectivity index (χ4n) is 3.34. The lowest BCUT2D eigenvalue weighted by Gasteiger charge is -2.38. The second-order valence-electron chi connectivity index (χ2n) is 5.96. The summed E-state index contributed by atoms with van der Waals surface area (Å²) in [6.07, 6.45) is 2.42. The lowest BCUT2D eigenvalue weighted by molar-refractivity contribution is -0.133. The zero-order valence-electron chi connectivity index (χ0n) is 13.8. The number of carbonyl (C=O) groups is 1. The predicted molar refractivity (Wildman–Crippen MR) is 91.6 cm³/mol. The van der Waals surface area contributed by atoms with E-state index in [-0.39, 0.29) is 11.9 Å². The number of benzene rings is 2. The first-order valence-electron chi connectivity index (χ1n) is 8.25. The van der Waals surface area contributed by atoms with Crippen LogP contribution in [0.4, 0.5) is 0 Å². The zero-order chi connectivity index (χ0) is 16.2. The lowest BCUT2D eigenvalue weighted by atomic mass is 9.88.